The Morgan fingerprint density at radius 2 is 1.78 bits per heavy atom. The van der Waals surface area contributed by atoms with Crippen LogP contribution < -0.4 is 0 Å². The molecule has 2 aliphatic heterocycles. The van der Waals surface area contributed by atoms with Crippen LogP contribution in [0, 0.1) is 0 Å². The standard InChI is InChI=1S/C13H26N4.HI/c1-14-13(15(2)3)17-10-7-12(11-17)16-8-5-4-6-9-16;/h12H,4-11H2,1-3H3;1H. The number of rotatable bonds is 1. The Balaban J connectivity index is 0.00000162. The van der Waals surface area contributed by atoms with Gasteiger partial charge >= 0.3 is 0 Å². The van der Waals surface area contributed by atoms with Gasteiger partial charge in [0.2, 0.25) is 0 Å². The van der Waals surface area contributed by atoms with E-state index in [9.17, 15) is 0 Å². The normalized spacial score (nSPS) is 26.1. The van der Waals surface area contributed by atoms with Crippen LogP contribution in [0.4, 0.5) is 0 Å². The number of aliphatic imine (C=N–C) groups is 1. The van der Waals surface area contributed by atoms with Crippen LogP contribution in [0.5, 0.6) is 0 Å². The van der Waals surface area contributed by atoms with E-state index in [-0.39, 0.29) is 24.0 Å². The second-order valence-electron chi connectivity index (χ2n) is 5.40. The quantitative estimate of drug-likeness (QED) is 0.401. The lowest BCUT2D eigenvalue weighted by molar-refractivity contribution is 0.168. The van der Waals surface area contributed by atoms with Gasteiger partial charge in [0.05, 0.1) is 0 Å². The minimum absolute atomic E-state index is 0. The van der Waals surface area contributed by atoms with Crippen LogP contribution in [-0.4, -0.2) is 74.0 Å². The first-order chi connectivity index (χ1) is 8.22. The molecule has 0 radical (unpaired) electrons. The molecule has 2 saturated heterocycles. The minimum atomic E-state index is 0. The molecule has 1 atom stereocenters. The Bertz CT molecular complexity index is 274. The molecule has 106 valence electrons. The van der Waals surface area contributed by atoms with Gasteiger partial charge in [0.1, 0.15) is 0 Å². The second kappa shape index (κ2) is 7.53. The van der Waals surface area contributed by atoms with E-state index in [1.165, 1.54) is 38.8 Å². The van der Waals surface area contributed by atoms with E-state index >= 15 is 0 Å². The summed E-state index contributed by atoms with van der Waals surface area (Å²) in [6.07, 6.45) is 5.50. The molecule has 2 rings (SSSR count). The van der Waals surface area contributed by atoms with E-state index in [1.807, 2.05) is 7.05 Å². The van der Waals surface area contributed by atoms with Gasteiger partial charge in [-0.3, -0.25) is 9.89 Å². The molecule has 2 fully saturated rings. The van der Waals surface area contributed by atoms with Gasteiger partial charge in [0, 0.05) is 40.3 Å². The maximum atomic E-state index is 4.40. The van der Waals surface area contributed by atoms with E-state index in [4.69, 9.17) is 0 Å². The van der Waals surface area contributed by atoms with Gasteiger partial charge in [0.25, 0.3) is 0 Å². The van der Waals surface area contributed by atoms with Gasteiger partial charge in [-0.15, -0.1) is 24.0 Å². The molecule has 0 aromatic heterocycles. The van der Waals surface area contributed by atoms with Gasteiger partial charge in [-0.25, -0.2) is 0 Å². The molecule has 18 heavy (non-hydrogen) atoms. The zero-order chi connectivity index (χ0) is 12.3. The Labute approximate surface area is 128 Å². The first kappa shape index (κ1) is 16.0. The molecule has 0 aromatic rings. The summed E-state index contributed by atoms with van der Waals surface area (Å²) in [5, 5.41) is 0. The van der Waals surface area contributed by atoms with Crippen LogP contribution >= 0.6 is 24.0 Å². The van der Waals surface area contributed by atoms with Crippen molar-refractivity contribution in [3.05, 3.63) is 0 Å². The van der Waals surface area contributed by atoms with E-state index in [2.05, 4.69) is 33.8 Å². The first-order valence-corrected chi connectivity index (χ1v) is 6.85. The Kier molecular flexibility index (Phi) is 6.70. The number of hydrogen-bond donors (Lipinski definition) is 0. The van der Waals surface area contributed by atoms with Crippen LogP contribution in [-0.2, 0) is 0 Å². The fourth-order valence-electron chi connectivity index (χ4n) is 3.13. The smallest absolute Gasteiger partial charge is 0.195 e. The van der Waals surface area contributed by atoms with Crippen molar-refractivity contribution in [1.82, 2.24) is 14.7 Å². The van der Waals surface area contributed by atoms with Crippen molar-refractivity contribution in [1.29, 1.82) is 0 Å². The summed E-state index contributed by atoms with van der Waals surface area (Å²) in [5.41, 5.74) is 0. The third-order valence-corrected chi connectivity index (χ3v) is 3.95. The summed E-state index contributed by atoms with van der Waals surface area (Å²) in [4.78, 5) is 11.6. The van der Waals surface area contributed by atoms with Gasteiger partial charge in [0.15, 0.2) is 5.96 Å². The molecule has 5 heteroatoms. The minimum Gasteiger partial charge on any atom is -0.349 e. The van der Waals surface area contributed by atoms with Crippen molar-refractivity contribution in [2.75, 3.05) is 47.3 Å². The summed E-state index contributed by atoms with van der Waals surface area (Å²) >= 11 is 0. The molecular weight excluding hydrogens is 339 g/mol. The number of likely N-dealkylation sites (tertiary alicyclic amines) is 2. The predicted molar refractivity (Wildman–Crippen MR) is 87.9 cm³/mol. The summed E-state index contributed by atoms with van der Waals surface area (Å²) < 4.78 is 0. The lowest BCUT2D eigenvalue weighted by Crippen LogP contribution is -2.44. The molecule has 1 unspecified atom stereocenters. The van der Waals surface area contributed by atoms with E-state index in [1.54, 1.807) is 0 Å². The van der Waals surface area contributed by atoms with Crippen LogP contribution in [0.15, 0.2) is 4.99 Å². The number of piperidine rings is 1. The Hall–Kier alpha value is -0.0400. The van der Waals surface area contributed by atoms with Crippen molar-refractivity contribution in [3.8, 4) is 0 Å². The number of halogens is 1. The van der Waals surface area contributed by atoms with Crippen molar-refractivity contribution in [2.45, 2.75) is 31.7 Å². The van der Waals surface area contributed by atoms with Crippen LogP contribution in [0.2, 0.25) is 0 Å². The van der Waals surface area contributed by atoms with Crippen molar-refractivity contribution in [3.63, 3.8) is 0 Å². The summed E-state index contributed by atoms with van der Waals surface area (Å²) in [6, 6.07) is 0.756. The average molecular weight is 366 g/mol. The molecule has 2 aliphatic rings. The molecular formula is C13H27IN4. The van der Waals surface area contributed by atoms with E-state index < -0.39 is 0 Å². The van der Waals surface area contributed by atoms with Crippen molar-refractivity contribution < 1.29 is 0 Å². The molecule has 2 heterocycles. The Morgan fingerprint density at radius 1 is 1.11 bits per heavy atom. The highest BCUT2D eigenvalue weighted by molar-refractivity contribution is 14.0. The summed E-state index contributed by atoms with van der Waals surface area (Å²) in [6.45, 7) is 4.93. The molecule has 0 aliphatic carbocycles. The highest BCUT2D eigenvalue weighted by Gasteiger charge is 2.30. The van der Waals surface area contributed by atoms with Crippen LogP contribution in [0.3, 0.4) is 0 Å². The molecule has 0 bridgehead atoms. The third-order valence-electron chi connectivity index (χ3n) is 3.95. The lowest BCUT2D eigenvalue weighted by atomic mass is 10.1. The highest BCUT2D eigenvalue weighted by atomic mass is 127. The number of nitrogens with zero attached hydrogens (tertiary/aromatic N) is 4. The SMILES string of the molecule is CN=C(N(C)C)N1CCC(N2CCCCC2)C1.I. The second-order valence-corrected chi connectivity index (χ2v) is 5.40. The van der Waals surface area contributed by atoms with Gasteiger partial charge < -0.3 is 9.80 Å². The third kappa shape index (κ3) is 3.73. The van der Waals surface area contributed by atoms with Crippen LogP contribution in [0.1, 0.15) is 25.7 Å². The van der Waals surface area contributed by atoms with Gasteiger partial charge in [-0.1, -0.05) is 6.42 Å². The zero-order valence-corrected chi connectivity index (χ0v) is 14.3. The number of guanidine groups is 1. The topological polar surface area (TPSA) is 22.1 Å². The molecule has 0 N–H and O–H groups in total. The van der Waals surface area contributed by atoms with Crippen LogP contribution in [0.25, 0.3) is 0 Å². The number of hydrogen-bond acceptors (Lipinski definition) is 2. The molecule has 0 saturated carbocycles. The van der Waals surface area contributed by atoms with E-state index in [0.717, 1.165) is 25.1 Å². The highest BCUT2D eigenvalue weighted by Crippen LogP contribution is 2.20. The summed E-state index contributed by atoms with van der Waals surface area (Å²) in [7, 11) is 6.05. The monoisotopic (exact) mass is 366 g/mol. The maximum absolute atomic E-state index is 4.40. The molecule has 4 nitrogen and oxygen atoms in total. The van der Waals surface area contributed by atoms with Gasteiger partial charge in [-0.2, -0.15) is 0 Å². The van der Waals surface area contributed by atoms with E-state index in [0.29, 0.717) is 0 Å². The average Bonchev–Trinajstić information content (AvgIpc) is 2.80. The van der Waals surface area contributed by atoms with Crippen molar-refractivity contribution >= 4 is 29.9 Å². The largest absolute Gasteiger partial charge is 0.349 e. The lowest BCUT2D eigenvalue weighted by Gasteiger charge is -2.33. The van der Waals surface area contributed by atoms with Crippen molar-refractivity contribution in [2.24, 2.45) is 4.99 Å². The Morgan fingerprint density at radius 3 is 2.33 bits per heavy atom. The first-order valence-electron chi connectivity index (χ1n) is 6.85. The maximum Gasteiger partial charge on any atom is 0.195 e. The fourth-order valence-corrected chi connectivity index (χ4v) is 3.13. The zero-order valence-electron chi connectivity index (χ0n) is 11.9. The van der Waals surface area contributed by atoms with Gasteiger partial charge in [-0.05, 0) is 32.4 Å². The summed E-state index contributed by atoms with van der Waals surface area (Å²) in [5.74, 6) is 1.13. The molecule has 0 spiro atoms. The molecule has 0 aromatic carbocycles. The fraction of sp³-hybridized carbons (Fsp3) is 0.923. The molecule has 0 amide bonds. The predicted octanol–water partition coefficient (Wildman–Crippen LogP) is 1.71.